The van der Waals surface area contributed by atoms with Gasteiger partial charge in [0.15, 0.2) is 11.5 Å². The molecule has 3 rings (SSSR count). The summed E-state index contributed by atoms with van der Waals surface area (Å²) in [6.07, 6.45) is 1.94. The molecule has 7 heteroatoms. The van der Waals surface area contributed by atoms with E-state index in [9.17, 15) is 9.59 Å². The number of likely N-dealkylation sites (tertiary alicyclic amines) is 1. The van der Waals surface area contributed by atoms with Gasteiger partial charge in [-0.2, -0.15) is 0 Å². The zero-order valence-corrected chi connectivity index (χ0v) is 16.2. The van der Waals surface area contributed by atoms with E-state index in [1.54, 1.807) is 27.2 Å². The highest BCUT2D eigenvalue weighted by Gasteiger charge is 2.32. The summed E-state index contributed by atoms with van der Waals surface area (Å²) in [5.41, 5.74) is 2.02. The first-order valence-corrected chi connectivity index (χ1v) is 9.02. The van der Waals surface area contributed by atoms with Gasteiger partial charge in [0, 0.05) is 17.8 Å². The highest BCUT2D eigenvalue weighted by molar-refractivity contribution is 5.79. The smallest absolute Gasteiger partial charge is 0.254 e. The van der Waals surface area contributed by atoms with Crippen molar-refractivity contribution < 1.29 is 14.3 Å². The van der Waals surface area contributed by atoms with Gasteiger partial charge in [-0.1, -0.05) is 6.07 Å². The summed E-state index contributed by atoms with van der Waals surface area (Å²) in [6, 6.07) is 5.29. The van der Waals surface area contributed by atoms with E-state index in [4.69, 9.17) is 9.47 Å². The van der Waals surface area contributed by atoms with E-state index in [-0.39, 0.29) is 23.9 Å². The van der Waals surface area contributed by atoms with Crippen molar-refractivity contribution in [3.63, 3.8) is 0 Å². The van der Waals surface area contributed by atoms with Gasteiger partial charge in [0.1, 0.15) is 5.82 Å². The number of methoxy groups -OCH3 is 2. The number of hydrogen-bond donors (Lipinski definition) is 1. The van der Waals surface area contributed by atoms with Crippen LogP contribution in [0.5, 0.6) is 11.5 Å². The number of aromatic amines is 1. The maximum atomic E-state index is 12.9. The predicted molar refractivity (Wildman–Crippen MR) is 101 cm³/mol. The fraction of sp³-hybridized carbons (Fsp3) is 0.450. The first-order valence-electron chi connectivity index (χ1n) is 9.02. The van der Waals surface area contributed by atoms with Crippen LogP contribution in [0.25, 0.3) is 0 Å². The van der Waals surface area contributed by atoms with Crippen LogP contribution < -0.4 is 15.0 Å². The molecule has 1 fully saturated rings. The van der Waals surface area contributed by atoms with Crippen molar-refractivity contribution in [3.8, 4) is 11.5 Å². The number of benzene rings is 1. The Morgan fingerprint density at radius 3 is 2.67 bits per heavy atom. The number of carbonyl (C=O) groups is 1. The Kier molecular flexibility index (Phi) is 5.48. The largest absolute Gasteiger partial charge is 0.493 e. The number of aromatic nitrogens is 2. The third-order valence-electron chi connectivity index (χ3n) is 5.11. The summed E-state index contributed by atoms with van der Waals surface area (Å²) in [5, 5.41) is 0. The van der Waals surface area contributed by atoms with Gasteiger partial charge >= 0.3 is 0 Å². The fourth-order valence-corrected chi connectivity index (χ4v) is 3.44. The van der Waals surface area contributed by atoms with E-state index in [0.29, 0.717) is 35.1 Å². The number of amides is 1. The lowest BCUT2D eigenvalue weighted by atomic mass is 10.1. The van der Waals surface area contributed by atoms with Crippen LogP contribution in [0.2, 0.25) is 0 Å². The molecule has 0 spiro atoms. The Bertz CT molecular complexity index is 907. The second-order valence-corrected chi connectivity index (χ2v) is 6.77. The van der Waals surface area contributed by atoms with Gasteiger partial charge in [-0.15, -0.1) is 0 Å². The molecule has 1 aromatic carbocycles. The molecule has 0 unspecified atom stereocenters. The standard InChI is InChI=1S/C20H25N3O4/c1-12-13(2)21-19(22-20(12)25)15-6-5-9-23(15)18(24)11-14-7-8-16(26-3)17(10-14)27-4/h7-8,10,15H,5-6,9,11H2,1-4H3,(H,21,22,25)/t15-/m0/s1. The zero-order valence-electron chi connectivity index (χ0n) is 16.2. The molecule has 1 atom stereocenters. The molecule has 2 heterocycles. The summed E-state index contributed by atoms with van der Waals surface area (Å²) in [7, 11) is 3.15. The number of ether oxygens (including phenoxy) is 2. The van der Waals surface area contributed by atoms with Crippen molar-refractivity contribution in [3.05, 3.63) is 51.2 Å². The number of hydrogen-bond acceptors (Lipinski definition) is 5. The molecule has 2 aromatic rings. The lowest BCUT2D eigenvalue weighted by Gasteiger charge is -2.24. The molecule has 144 valence electrons. The highest BCUT2D eigenvalue weighted by atomic mass is 16.5. The number of aryl methyl sites for hydroxylation is 1. The van der Waals surface area contributed by atoms with Crippen LogP contribution in [0.3, 0.4) is 0 Å². The molecule has 1 aromatic heterocycles. The van der Waals surface area contributed by atoms with Crippen LogP contribution in [0.15, 0.2) is 23.0 Å². The van der Waals surface area contributed by atoms with Crippen molar-refractivity contribution in [2.45, 2.75) is 39.2 Å². The molecule has 1 aliphatic rings. The van der Waals surface area contributed by atoms with Crippen molar-refractivity contribution in [1.29, 1.82) is 0 Å². The summed E-state index contributed by atoms with van der Waals surface area (Å²) in [4.78, 5) is 34.2. The van der Waals surface area contributed by atoms with Gasteiger partial charge in [0.2, 0.25) is 5.91 Å². The van der Waals surface area contributed by atoms with Crippen LogP contribution in [0.4, 0.5) is 0 Å². The average Bonchev–Trinajstić information content (AvgIpc) is 3.15. The Hall–Kier alpha value is -2.83. The predicted octanol–water partition coefficient (Wildman–Crippen LogP) is 2.31. The molecule has 27 heavy (non-hydrogen) atoms. The van der Waals surface area contributed by atoms with E-state index in [2.05, 4.69) is 9.97 Å². The zero-order chi connectivity index (χ0) is 19.6. The molecule has 1 amide bonds. The second kappa shape index (κ2) is 7.82. The van der Waals surface area contributed by atoms with E-state index >= 15 is 0 Å². The van der Waals surface area contributed by atoms with Gasteiger partial charge in [-0.25, -0.2) is 4.98 Å². The van der Waals surface area contributed by atoms with Crippen LogP contribution in [-0.2, 0) is 11.2 Å². The molecule has 0 bridgehead atoms. The monoisotopic (exact) mass is 371 g/mol. The highest BCUT2D eigenvalue weighted by Crippen LogP contribution is 2.31. The summed E-state index contributed by atoms with van der Waals surface area (Å²) in [6.45, 7) is 4.23. The Labute approximate surface area is 158 Å². The number of carbonyl (C=O) groups excluding carboxylic acids is 1. The van der Waals surface area contributed by atoms with E-state index in [1.165, 1.54) is 0 Å². The Morgan fingerprint density at radius 1 is 1.26 bits per heavy atom. The van der Waals surface area contributed by atoms with Gasteiger partial charge in [-0.05, 0) is 44.4 Å². The minimum atomic E-state index is -0.190. The lowest BCUT2D eigenvalue weighted by molar-refractivity contribution is -0.131. The molecule has 0 radical (unpaired) electrons. The minimum absolute atomic E-state index is 0.00518. The van der Waals surface area contributed by atoms with Crippen LogP contribution in [-0.4, -0.2) is 41.5 Å². The molecular weight excluding hydrogens is 346 g/mol. The first-order chi connectivity index (χ1) is 12.9. The van der Waals surface area contributed by atoms with Gasteiger partial charge in [0.05, 0.1) is 26.7 Å². The second-order valence-electron chi connectivity index (χ2n) is 6.77. The SMILES string of the molecule is COc1ccc(CC(=O)N2CCC[C@H]2c2nc(C)c(C)c(=O)[nH]2)cc1OC. The van der Waals surface area contributed by atoms with E-state index in [1.807, 2.05) is 24.0 Å². The Morgan fingerprint density at radius 2 is 2.00 bits per heavy atom. The quantitative estimate of drug-likeness (QED) is 0.872. The lowest BCUT2D eigenvalue weighted by Crippen LogP contribution is -2.34. The third-order valence-corrected chi connectivity index (χ3v) is 5.11. The van der Waals surface area contributed by atoms with Crippen molar-refractivity contribution in [1.82, 2.24) is 14.9 Å². The summed E-state index contributed by atoms with van der Waals surface area (Å²) >= 11 is 0. The molecule has 0 aliphatic carbocycles. The topological polar surface area (TPSA) is 84.5 Å². The van der Waals surface area contributed by atoms with Crippen molar-refractivity contribution in [2.24, 2.45) is 0 Å². The third kappa shape index (κ3) is 3.82. The Balaban J connectivity index is 1.81. The van der Waals surface area contributed by atoms with Crippen LogP contribution in [0.1, 0.15) is 41.5 Å². The van der Waals surface area contributed by atoms with Crippen LogP contribution >= 0.6 is 0 Å². The number of H-pyrrole nitrogens is 1. The van der Waals surface area contributed by atoms with Gasteiger partial charge in [0.25, 0.3) is 5.56 Å². The average molecular weight is 371 g/mol. The van der Waals surface area contributed by atoms with Gasteiger partial charge < -0.3 is 19.4 Å². The number of nitrogens with zero attached hydrogens (tertiary/aromatic N) is 2. The maximum absolute atomic E-state index is 12.9. The molecule has 1 saturated heterocycles. The number of nitrogens with one attached hydrogen (secondary N) is 1. The maximum Gasteiger partial charge on any atom is 0.254 e. The van der Waals surface area contributed by atoms with Crippen molar-refractivity contribution >= 4 is 5.91 Å². The number of rotatable bonds is 5. The molecule has 1 N–H and O–H groups in total. The molecule has 1 aliphatic heterocycles. The first kappa shape index (κ1) is 18.9. The fourth-order valence-electron chi connectivity index (χ4n) is 3.44. The van der Waals surface area contributed by atoms with Gasteiger partial charge in [-0.3, -0.25) is 9.59 Å². The minimum Gasteiger partial charge on any atom is -0.493 e. The summed E-state index contributed by atoms with van der Waals surface area (Å²) < 4.78 is 10.6. The van der Waals surface area contributed by atoms with Crippen molar-refractivity contribution in [2.75, 3.05) is 20.8 Å². The molecule has 0 saturated carbocycles. The van der Waals surface area contributed by atoms with Crippen LogP contribution in [0, 0.1) is 13.8 Å². The normalized spacial score (nSPS) is 16.4. The molecular formula is C20H25N3O4. The summed E-state index contributed by atoms with van der Waals surface area (Å²) in [5.74, 6) is 1.80. The molecule has 7 nitrogen and oxygen atoms in total. The van der Waals surface area contributed by atoms with E-state index < -0.39 is 0 Å². The van der Waals surface area contributed by atoms with E-state index in [0.717, 1.165) is 18.4 Å².